The van der Waals surface area contributed by atoms with E-state index >= 15 is 0 Å². The molecule has 0 saturated carbocycles. The monoisotopic (exact) mass is 362 g/mol. The van der Waals surface area contributed by atoms with Gasteiger partial charge in [0.2, 0.25) is 0 Å². The molecule has 0 radical (unpaired) electrons. The van der Waals surface area contributed by atoms with Gasteiger partial charge in [0, 0.05) is 6.54 Å². The van der Waals surface area contributed by atoms with Gasteiger partial charge in [0.05, 0.1) is 34.8 Å². The van der Waals surface area contributed by atoms with E-state index in [4.69, 9.17) is 12.2 Å². The minimum absolute atomic E-state index is 0.930. The lowest BCUT2D eigenvalue weighted by Gasteiger charge is -2.33. The number of hydrogen-bond acceptors (Lipinski definition) is 2. The Morgan fingerprint density at radius 2 is 2.21 bits per heavy atom. The Balaban J connectivity index is 1.74. The second-order valence-corrected chi connectivity index (χ2v) is 7.79. The third-order valence-corrected chi connectivity index (χ3v) is 5.36. The van der Waals surface area contributed by atoms with Crippen LogP contribution in [0.25, 0.3) is 0 Å². The molecule has 1 aromatic heterocycles. The van der Waals surface area contributed by atoms with Gasteiger partial charge in [-0.15, -0.1) is 11.3 Å². The molecule has 1 saturated heterocycles. The molecule has 0 unspecified atom stereocenters. The Morgan fingerprint density at radius 1 is 1.47 bits per heavy atom. The van der Waals surface area contributed by atoms with Crippen LogP contribution in [0.3, 0.4) is 0 Å². The van der Waals surface area contributed by atoms with Crippen LogP contribution in [0.4, 0.5) is 0 Å². The van der Waals surface area contributed by atoms with Crippen LogP contribution < -0.4 is 10.2 Å². The van der Waals surface area contributed by atoms with Crippen molar-refractivity contribution in [3.05, 3.63) is 20.8 Å². The van der Waals surface area contributed by atoms with Crippen LogP contribution in [0.5, 0.6) is 0 Å². The molecule has 0 aromatic carbocycles. The van der Waals surface area contributed by atoms with Crippen LogP contribution in [0.1, 0.15) is 18.2 Å². The zero-order valence-corrected chi connectivity index (χ0v) is 14.5. The fourth-order valence-corrected chi connectivity index (χ4v) is 4.08. The zero-order valence-electron chi connectivity index (χ0n) is 11.2. The van der Waals surface area contributed by atoms with Gasteiger partial charge in [-0.3, -0.25) is 0 Å². The SMILES string of the molecule is CCCNC(=S)N1CC[NH+](Cc2ccc(Br)s2)CC1. The van der Waals surface area contributed by atoms with E-state index in [-0.39, 0.29) is 0 Å². The van der Waals surface area contributed by atoms with Gasteiger partial charge in [0.25, 0.3) is 0 Å². The third-order valence-electron chi connectivity index (χ3n) is 3.34. The van der Waals surface area contributed by atoms with Crippen molar-refractivity contribution in [1.82, 2.24) is 10.2 Å². The molecular formula is C13H21BrN3S2+. The normalized spacial score (nSPS) is 16.6. The molecule has 0 amide bonds. The molecule has 2 N–H and O–H groups in total. The van der Waals surface area contributed by atoms with Crippen LogP contribution in [-0.4, -0.2) is 42.7 Å². The summed E-state index contributed by atoms with van der Waals surface area (Å²) in [5.74, 6) is 0. The molecule has 0 aliphatic carbocycles. The fourth-order valence-electron chi connectivity index (χ4n) is 2.24. The van der Waals surface area contributed by atoms with Crippen molar-refractivity contribution in [2.24, 2.45) is 0 Å². The molecule has 1 aliphatic rings. The average molecular weight is 363 g/mol. The van der Waals surface area contributed by atoms with E-state index in [0.29, 0.717) is 0 Å². The van der Waals surface area contributed by atoms with Crippen molar-refractivity contribution < 1.29 is 4.90 Å². The quantitative estimate of drug-likeness (QED) is 0.791. The molecule has 0 spiro atoms. The summed E-state index contributed by atoms with van der Waals surface area (Å²) in [7, 11) is 0. The minimum atomic E-state index is 0.930. The van der Waals surface area contributed by atoms with Gasteiger partial charge in [-0.25, -0.2) is 0 Å². The molecule has 106 valence electrons. The van der Waals surface area contributed by atoms with Crippen molar-refractivity contribution in [1.29, 1.82) is 0 Å². The predicted molar refractivity (Wildman–Crippen MR) is 88.9 cm³/mol. The molecule has 0 bridgehead atoms. The number of rotatable bonds is 4. The van der Waals surface area contributed by atoms with E-state index in [0.717, 1.165) is 37.7 Å². The Hall–Kier alpha value is -0.170. The number of hydrogen-bond donors (Lipinski definition) is 2. The number of nitrogens with one attached hydrogen (secondary N) is 2. The van der Waals surface area contributed by atoms with Crippen LogP contribution in [0.15, 0.2) is 15.9 Å². The summed E-state index contributed by atoms with van der Waals surface area (Å²) in [6.07, 6.45) is 1.12. The van der Waals surface area contributed by atoms with Gasteiger partial charge in [-0.05, 0) is 46.7 Å². The Morgan fingerprint density at radius 3 is 2.79 bits per heavy atom. The number of quaternary nitrogens is 1. The lowest BCUT2D eigenvalue weighted by atomic mass is 10.3. The van der Waals surface area contributed by atoms with Gasteiger partial charge >= 0.3 is 0 Å². The number of thiophene rings is 1. The van der Waals surface area contributed by atoms with Crippen LogP contribution in [0.2, 0.25) is 0 Å². The van der Waals surface area contributed by atoms with Gasteiger partial charge in [0.15, 0.2) is 5.11 Å². The summed E-state index contributed by atoms with van der Waals surface area (Å²) in [6, 6.07) is 4.36. The Kier molecular flexibility index (Phi) is 6.06. The van der Waals surface area contributed by atoms with Gasteiger partial charge < -0.3 is 15.1 Å². The molecule has 0 atom stereocenters. The lowest BCUT2D eigenvalue weighted by molar-refractivity contribution is -0.917. The lowest BCUT2D eigenvalue weighted by Crippen LogP contribution is -3.13. The summed E-state index contributed by atoms with van der Waals surface area (Å²) < 4.78 is 1.23. The standard InChI is InChI=1S/C13H20BrN3S2/c1-2-5-15-13(18)17-8-6-16(7-9-17)10-11-3-4-12(14)19-11/h3-4H,2,5-10H2,1H3,(H,15,18)/p+1. The van der Waals surface area contributed by atoms with E-state index in [2.05, 4.69) is 45.2 Å². The van der Waals surface area contributed by atoms with E-state index in [1.54, 1.807) is 4.90 Å². The first-order chi connectivity index (χ1) is 9.19. The first-order valence-electron chi connectivity index (χ1n) is 6.79. The summed E-state index contributed by atoms with van der Waals surface area (Å²) in [5, 5.41) is 4.24. The molecule has 3 nitrogen and oxygen atoms in total. The van der Waals surface area contributed by atoms with Crippen LogP contribution in [-0.2, 0) is 6.54 Å². The predicted octanol–water partition coefficient (Wildman–Crippen LogP) is 1.50. The minimum Gasteiger partial charge on any atom is -0.363 e. The largest absolute Gasteiger partial charge is 0.363 e. The average Bonchev–Trinajstić information content (AvgIpc) is 2.82. The third kappa shape index (κ3) is 4.70. The van der Waals surface area contributed by atoms with E-state index in [9.17, 15) is 0 Å². The van der Waals surface area contributed by atoms with Gasteiger partial charge in [-0.1, -0.05) is 6.92 Å². The highest BCUT2D eigenvalue weighted by Crippen LogP contribution is 2.21. The first kappa shape index (κ1) is 15.2. The number of nitrogens with zero attached hydrogens (tertiary/aromatic N) is 1. The van der Waals surface area contributed by atoms with E-state index in [1.807, 2.05) is 11.3 Å². The van der Waals surface area contributed by atoms with Crippen molar-refractivity contribution in [2.75, 3.05) is 32.7 Å². The maximum atomic E-state index is 5.41. The molecular weight excluding hydrogens is 342 g/mol. The van der Waals surface area contributed by atoms with Crippen molar-refractivity contribution >= 4 is 44.6 Å². The summed E-state index contributed by atoms with van der Waals surface area (Å²) >= 11 is 10.8. The Labute approximate surface area is 133 Å². The number of thiocarbonyl (C=S) groups is 1. The molecule has 1 aromatic rings. The van der Waals surface area contributed by atoms with Gasteiger partial charge in [-0.2, -0.15) is 0 Å². The molecule has 19 heavy (non-hydrogen) atoms. The van der Waals surface area contributed by atoms with Crippen molar-refractivity contribution in [2.45, 2.75) is 19.9 Å². The molecule has 1 fully saturated rings. The first-order valence-corrected chi connectivity index (χ1v) is 8.81. The highest BCUT2D eigenvalue weighted by atomic mass is 79.9. The number of halogens is 1. The zero-order chi connectivity index (χ0) is 13.7. The summed E-state index contributed by atoms with van der Waals surface area (Å²) in [4.78, 5) is 5.42. The van der Waals surface area contributed by atoms with E-state index in [1.165, 1.54) is 21.8 Å². The second kappa shape index (κ2) is 7.57. The maximum absolute atomic E-state index is 5.41. The highest BCUT2D eigenvalue weighted by molar-refractivity contribution is 9.11. The molecule has 2 heterocycles. The fraction of sp³-hybridized carbons (Fsp3) is 0.615. The van der Waals surface area contributed by atoms with Crippen molar-refractivity contribution in [3.8, 4) is 0 Å². The molecule has 2 rings (SSSR count). The topological polar surface area (TPSA) is 19.7 Å². The second-order valence-electron chi connectivity index (χ2n) is 4.85. The Bertz CT molecular complexity index is 414. The maximum Gasteiger partial charge on any atom is 0.169 e. The summed E-state index contributed by atoms with van der Waals surface area (Å²) in [6.45, 7) is 8.76. The highest BCUT2D eigenvalue weighted by Gasteiger charge is 2.21. The van der Waals surface area contributed by atoms with E-state index < -0.39 is 0 Å². The molecule has 1 aliphatic heterocycles. The molecule has 6 heteroatoms. The number of piperazine rings is 1. The van der Waals surface area contributed by atoms with Crippen molar-refractivity contribution in [3.63, 3.8) is 0 Å². The van der Waals surface area contributed by atoms with Gasteiger partial charge in [0.1, 0.15) is 6.54 Å². The smallest absolute Gasteiger partial charge is 0.169 e. The van der Waals surface area contributed by atoms with Crippen LogP contribution >= 0.6 is 39.5 Å². The van der Waals surface area contributed by atoms with Crippen LogP contribution in [0, 0.1) is 0 Å². The summed E-state index contributed by atoms with van der Waals surface area (Å²) in [5.41, 5.74) is 0.